The Morgan fingerprint density at radius 3 is 1.75 bits per heavy atom. The fourth-order valence-electron chi connectivity index (χ4n) is 2.44. The maximum absolute atomic E-state index is 11.8. The molecule has 2 aromatic rings. The molecule has 0 aliphatic carbocycles. The van der Waals surface area contributed by atoms with Gasteiger partial charge in [0, 0.05) is 0 Å². The Labute approximate surface area is 120 Å². The molecule has 0 aliphatic heterocycles. The lowest BCUT2D eigenvalue weighted by molar-refractivity contribution is 0.475. The molecule has 2 aromatic carbocycles. The van der Waals surface area contributed by atoms with Crippen LogP contribution in [0, 0.1) is 20.8 Å². The molecule has 0 aliphatic rings. The van der Waals surface area contributed by atoms with E-state index in [1.165, 1.54) is 0 Å². The van der Waals surface area contributed by atoms with E-state index in [2.05, 4.69) is 0 Å². The van der Waals surface area contributed by atoms with Crippen LogP contribution in [0.25, 0.3) is 0 Å². The standard InChI is InChI=1S/C16H18O3S/c1-11-4-6-14(7-5-11)16(20(17,18)19)15-9-12(2)8-13(3)10-15/h4-10,16H,1-3H3,(H,17,18,19). The van der Waals surface area contributed by atoms with Crippen LogP contribution in [0.3, 0.4) is 0 Å². The van der Waals surface area contributed by atoms with E-state index < -0.39 is 15.4 Å². The van der Waals surface area contributed by atoms with E-state index in [0.717, 1.165) is 16.7 Å². The number of rotatable bonds is 3. The fourth-order valence-corrected chi connectivity index (χ4v) is 3.42. The van der Waals surface area contributed by atoms with Crippen LogP contribution in [-0.2, 0) is 10.1 Å². The van der Waals surface area contributed by atoms with Gasteiger partial charge in [-0.3, -0.25) is 4.55 Å². The molecular weight excluding hydrogens is 272 g/mol. The first-order chi connectivity index (χ1) is 9.27. The van der Waals surface area contributed by atoms with Crippen molar-refractivity contribution in [3.05, 3.63) is 70.3 Å². The number of aryl methyl sites for hydroxylation is 3. The first-order valence-corrected chi connectivity index (χ1v) is 7.89. The first-order valence-electron chi connectivity index (χ1n) is 6.38. The SMILES string of the molecule is Cc1ccc(C(c2cc(C)cc(C)c2)S(=O)(=O)O)cc1. The second kappa shape index (κ2) is 5.38. The van der Waals surface area contributed by atoms with Crippen LogP contribution in [0.2, 0.25) is 0 Å². The minimum Gasteiger partial charge on any atom is -0.285 e. The highest BCUT2D eigenvalue weighted by Crippen LogP contribution is 2.31. The van der Waals surface area contributed by atoms with Crippen molar-refractivity contribution in [2.24, 2.45) is 0 Å². The van der Waals surface area contributed by atoms with Gasteiger partial charge in [-0.25, -0.2) is 0 Å². The third-order valence-corrected chi connectivity index (χ3v) is 4.36. The first kappa shape index (κ1) is 14.8. The molecule has 1 N–H and O–H groups in total. The molecule has 0 heterocycles. The van der Waals surface area contributed by atoms with Crippen molar-refractivity contribution >= 4 is 10.1 Å². The minimum atomic E-state index is -4.22. The van der Waals surface area contributed by atoms with E-state index in [-0.39, 0.29) is 0 Å². The highest BCUT2D eigenvalue weighted by molar-refractivity contribution is 7.86. The minimum absolute atomic E-state index is 0.572. The van der Waals surface area contributed by atoms with E-state index in [1.807, 2.05) is 39.0 Å². The van der Waals surface area contributed by atoms with Crippen molar-refractivity contribution in [2.75, 3.05) is 0 Å². The van der Waals surface area contributed by atoms with Crippen molar-refractivity contribution in [3.8, 4) is 0 Å². The van der Waals surface area contributed by atoms with Gasteiger partial charge in [0.05, 0.1) is 0 Å². The molecule has 0 spiro atoms. The lowest BCUT2D eigenvalue weighted by Gasteiger charge is -2.16. The van der Waals surface area contributed by atoms with E-state index in [9.17, 15) is 13.0 Å². The zero-order valence-corrected chi connectivity index (χ0v) is 12.6. The summed E-state index contributed by atoms with van der Waals surface area (Å²) in [4.78, 5) is 0. The topological polar surface area (TPSA) is 54.4 Å². The van der Waals surface area contributed by atoms with Gasteiger partial charge in [0.1, 0.15) is 5.25 Å². The highest BCUT2D eigenvalue weighted by Gasteiger charge is 2.27. The quantitative estimate of drug-likeness (QED) is 0.879. The second-order valence-corrected chi connectivity index (χ2v) is 6.73. The molecule has 20 heavy (non-hydrogen) atoms. The van der Waals surface area contributed by atoms with Gasteiger partial charge in [-0.1, -0.05) is 59.2 Å². The predicted octanol–water partition coefficient (Wildman–Crippen LogP) is 3.59. The summed E-state index contributed by atoms with van der Waals surface area (Å²) in [6.07, 6.45) is 0. The molecular formula is C16H18O3S. The third kappa shape index (κ3) is 3.26. The maximum Gasteiger partial charge on any atom is 0.276 e. The van der Waals surface area contributed by atoms with Gasteiger partial charge >= 0.3 is 0 Å². The molecule has 1 unspecified atom stereocenters. The fraction of sp³-hybridized carbons (Fsp3) is 0.250. The van der Waals surface area contributed by atoms with Crippen molar-refractivity contribution in [1.29, 1.82) is 0 Å². The molecule has 3 nitrogen and oxygen atoms in total. The van der Waals surface area contributed by atoms with Crippen LogP contribution < -0.4 is 0 Å². The Hall–Kier alpha value is -1.65. The van der Waals surface area contributed by atoms with Gasteiger partial charge in [0.2, 0.25) is 0 Å². The van der Waals surface area contributed by atoms with Crippen LogP contribution in [0.15, 0.2) is 42.5 Å². The van der Waals surface area contributed by atoms with E-state index >= 15 is 0 Å². The molecule has 0 saturated heterocycles. The van der Waals surface area contributed by atoms with Crippen molar-refractivity contribution in [2.45, 2.75) is 26.0 Å². The molecule has 106 valence electrons. The van der Waals surface area contributed by atoms with Gasteiger partial charge in [0.15, 0.2) is 0 Å². The Morgan fingerprint density at radius 2 is 1.30 bits per heavy atom. The number of hydrogen-bond donors (Lipinski definition) is 1. The predicted molar refractivity (Wildman–Crippen MR) is 80.5 cm³/mol. The molecule has 0 amide bonds. The molecule has 0 fully saturated rings. The normalized spacial score (nSPS) is 13.2. The van der Waals surface area contributed by atoms with Gasteiger partial charge < -0.3 is 0 Å². The Bertz CT molecular complexity index is 696. The highest BCUT2D eigenvalue weighted by atomic mass is 32.2. The zero-order chi connectivity index (χ0) is 14.9. The summed E-state index contributed by atoms with van der Waals surface area (Å²) in [5.74, 6) is 0. The van der Waals surface area contributed by atoms with E-state index in [1.54, 1.807) is 24.3 Å². The molecule has 4 heteroatoms. The summed E-state index contributed by atoms with van der Waals surface area (Å²) >= 11 is 0. The largest absolute Gasteiger partial charge is 0.285 e. The van der Waals surface area contributed by atoms with Crippen molar-refractivity contribution in [3.63, 3.8) is 0 Å². The molecule has 0 aromatic heterocycles. The average molecular weight is 290 g/mol. The lowest BCUT2D eigenvalue weighted by atomic mass is 9.99. The molecule has 1 atom stereocenters. The Kier molecular flexibility index (Phi) is 3.97. The van der Waals surface area contributed by atoms with Crippen LogP contribution in [0.1, 0.15) is 33.1 Å². The molecule has 0 saturated carbocycles. The van der Waals surface area contributed by atoms with Crippen LogP contribution in [0.4, 0.5) is 0 Å². The summed E-state index contributed by atoms with van der Waals surface area (Å²) in [5.41, 5.74) is 4.15. The van der Waals surface area contributed by atoms with E-state index in [0.29, 0.717) is 11.1 Å². The van der Waals surface area contributed by atoms with Crippen molar-refractivity contribution < 1.29 is 13.0 Å². The van der Waals surface area contributed by atoms with Gasteiger partial charge in [-0.05, 0) is 31.9 Å². The zero-order valence-electron chi connectivity index (χ0n) is 11.8. The smallest absolute Gasteiger partial charge is 0.276 e. The Balaban J connectivity index is 2.62. The number of hydrogen-bond acceptors (Lipinski definition) is 2. The summed E-state index contributed by atoms with van der Waals surface area (Å²) < 4.78 is 33.2. The summed E-state index contributed by atoms with van der Waals surface area (Å²) in [6.45, 7) is 5.75. The van der Waals surface area contributed by atoms with Gasteiger partial charge in [-0.2, -0.15) is 8.42 Å². The second-order valence-electron chi connectivity index (χ2n) is 5.23. The van der Waals surface area contributed by atoms with Crippen LogP contribution >= 0.6 is 0 Å². The maximum atomic E-state index is 11.8. The monoisotopic (exact) mass is 290 g/mol. The summed E-state index contributed by atoms with van der Waals surface area (Å²) in [6, 6.07) is 12.7. The van der Waals surface area contributed by atoms with Crippen LogP contribution in [-0.4, -0.2) is 13.0 Å². The Morgan fingerprint density at radius 1 is 0.800 bits per heavy atom. The number of benzene rings is 2. The molecule has 0 bridgehead atoms. The van der Waals surface area contributed by atoms with E-state index in [4.69, 9.17) is 0 Å². The van der Waals surface area contributed by atoms with Gasteiger partial charge in [0.25, 0.3) is 10.1 Å². The van der Waals surface area contributed by atoms with Gasteiger partial charge in [-0.15, -0.1) is 0 Å². The molecule has 2 rings (SSSR count). The summed E-state index contributed by atoms with van der Waals surface area (Å²) in [5, 5.41) is -1.04. The average Bonchev–Trinajstić information content (AvgIpc) is 2.29. The van der Waals surface area contributed by atoms with Crippen molar-refractivity contribution in [1.82, 2.24) is 0 Å². The van der Waals surface area contributed by atoms with Crippen LogP contribution in [0.5, 0.6) is 0 Å². The third-order valence-electron chi connectivity index (χ3n) is 3.22. The molecule has 0 radical (unpaired) electrons. The lowest BCUT2D eigenvalue weighted by Crippen LogP contribution is -2.14. The summed E-state index contributed by atoms with van der Waals surface area (Å²) in [7, 11) is -4.22.